The Balaban J connectivity index is 1.61. The van der Waals surface area contributed by atoms with Gasteiger partial charge in [-0.2, -0.15) is 16.4 Å². The standard InChI is InChI=1S/C18H21N5OS/c1-2-7-23-15-3-8-22(16(24)10-13-4-9-25-12-13)11-14(15)17(21-23)18-19-5-6-20-18/h4-6,9,12H,2-3,7-8,10-11H2,1H3,(H,19,20). The van der Waals surface area contributed by atoms with E-state index in [2.05, 4.69) is 21.6 Å². The highest BCUT2D eigenvalue weighted by atomic mass is 32.1. The Morgan fingerprint density at radius 1 is 1.44 bits per heavy atom. The van der Waals surface area contributed by atoms with Gasteiger partial charge in [-0.15, -0.1) is 0 Å². The third-order valence-electron chi connectivity index (χ3n) is 4.58. The molecule has 6 nitrogen and oxygen atoms in total. The summed E-state index contributed by atoms with van der Waals surface area (Å²) in [4.78, 5) is 22.2. The molecule has 0 radical (unpaired) electrons. The third-order valence-corrected chi connectivity index (χ3v) is 5.31. The van der Waals surface area contributed by atoms with E-state index in [1.807, 2.05) is 27.9 Å². The fraction of sp³-hybridized carbons (Fsp3) is 0.389. The molecule has 0 bridgehead atoms. The maximum Gasteiger partial charge on any atom is 0.227 e. The minimum absolute atomic E-state index is 0.178. The Bertz CT molecular complexity index is 851. The summed E-state index contributed by atoms with van der Waals surface area (Å²) in [7, 11) is 0. The largest absolute Gasteiger partial charge is 0.343 e. The summed E-state index contributed by atoms with van der Waals surface area (Å²) in [5, 5.41) is 8.84. The first-order valence-electron chi connectivity index (χ1n) is 8.63. The molecule has 1 N–H and O–H groups in total. The fourth-order valence-corrected chi connectivity index (χ4v) is 4.03. The van der Waals surface area contributed by atoms with E-state index in [0.717, 1.165) is 48.6 Å². The maximum atomic E-state index is 12.7. The number of nitrogens with zero attached hydrogens (tertiary/aromatic N) is 4. The topological polar surface area (TPSA) is 66.8 Å². The van der Waals surface area contributed by atoms with Gasteiger partial charge in [-0.1, -0.05) is 6.92 Å². The van der Waals surface area contributed by atoms with Gasteiger partial charge in [0.25, 0.3) is 0 Å². The number of H-pyrrole nitrogens is 1. The number of aryl methyl sites for hydroxylation is 1. The van der Waals surface area contributed by atoms with Crippen LogP contribution in [0.15, 0.2) is 29.2 Å². The third kappa shape index (κ3) is 3.11. The van der Waals surface area contributed by atoms with Crippen molar-refractivity contribution >= 4 is 17.2 Å². The second kappa shape index (κ2) is 6.84. The number of amides is 1. The van der Waals surface area contributed by atoms with Gasteiger partial charge in [0, 0.05) is 49.7 Å². The van der Waals surface area contributed by atoms with Crippen LogP contribution in [0.25, 0.3) is 11.5 Å². The van der Waals surface area contributed by atoms with Crippen LogP contribution in [0, 0.1) is 0 Å². The van der Waals surface area contributed by atoms with E-state index in [1.165, 1.54) is 5.69 Å². The molecule has 0 saturated heterocycles. The lowest BCUT2D eigenvalue weighted by atomic mass is 10.0. The summed E-state index contributed by atoms with van der Waals surface area (Å²) < 4.78 is 2.09. The van der Waals surface area contributed by atoms with Crippen LogP contribution < -0.4 is 0 Å². The van der Waals surface area contributed by atoms with Crippen molar-refractivity contribution in [1.29, 1.82) is 0 Å². The normalized spacial score (nSPS) is 13.9. The number of carbonyl (C=O) groups is 1. The Kier molecular flexibility index (Phi) is 4.40. The van der Waals surface area contributed by atoms with Crippen molar-refractivity contribution in [3.05, 3.63) is 46.0 Å². The number of rotatable bonds is 5. The molecule has 4 rings (SSSR count). The van der Waals surface area contributed by atoms with Gasteiger partial charge in [-0.25, -0.2) is 4.98 Å². The van der Waals surface area contributed by atoms with Gasteiger partial charge in [-0.05, 0) is 28.8 Å². The highest BCUT2D eigenvalue weighted by Crippen LogP contribution is 2.29. The van der Waals surface area contributed by atoms with Gasteiger partial charge >= 0.3 is 0 Å². The summed E-state index contributed by atoms with van der Waals surface area (Å²) in [5.74, 6) is 0.955. The molecule has 0 aliphatic carbocycles. The molecule has 0 spiro atoms. The molecule has 4 heterocycles. The second-order valence-electron chi connectivity index (χ2n) is 6.31. The minimum atomic E-state index is 0.178. The molecular formula is C18H21N5OS. The van der Waals surface area contributed by atoms with Crippen LogP contribution in [0.4, 0.5) is 0 Å². The SMILES string of the molecule is CCCn1nc(-c2ncc[nH]2)c2c1CCN(C(=O)Cc1ccsc1)C2. The Labute approximate surface area is 150 Å². The Morgan fingerprint density at radius 2 is 2.36 bits per heavy atom. The zero-order valence-electron chi connectivity index (χ0n) is 14.2. The van der Waals surface area contributed by atoms with Crippen molar-refractivity contribution in [2.75, 3.05) is 6.54 Å². The number of carbonyl (C=O) groups excluding carboxylic acids is 1. The lowest BCUT2D eigenvalue weighted by Crippen LogP contribution is -2.37. The van der Waals surface area contributed by atoms with Crippen molar-refractivity contribution in [3.8, 4) is 11.5 Å². The van der Waals surface area contributed by atoms with Gasteiger partial charge < -0.3 is 9.88 Å². The number of aromatic nitrogens is 4. The van der Waals surface area contributed by atoms with Gasteiger partial charge in [0.05, 0.1) is 6.42 Å². The van der Waals surface area contributed by atoms with E-state index in [0.29, 0.717) is 13.0 Å². The first kappa shape index (κ1) is 16.1. The summed E-state index contributed by atoms with van der Waals surface area (Å²) in [5.41, 5.74) is 4.34. The molecular weight excluding hydrogens is 334 g/mol. The Hall–Kier alpha value is -2.41. The number of imidazole rings is 1. The lowest BCUT2D eigenvalue weighted by Gasteiger charge is -2.28. The summed E-state index contributed by atoms with van der Waals surface area (Å²) >= 11 is 1.63. The second-order valence-corrected chi connectivity index (χ2v) is 7.09. The number of nitrogens with one attached hydrogen (secondary N) is 1. The van der Waals surface area contributed by atoms with Crippen molar-refractivity contribution in [2.24, 2.45) is 0 Å². The molecule has 1 aliphatic heterocycles. The number of aromatic amines is 1. The van der Waals surface area contributed by atoms with Crippen molar-refractivity contribution < 1.29 is 4.79 Å². The summed E-state index contributed by atoms with van der Waals surface area (Å²) in [6.07, 6.45) is 5.90. The summed E-state index contributed by atoms with van der Waals surface area (Å²) in [6.45, 7) is 4.41. The first-order chi connectivity index (χ1) is 12.3. The molecule has 1 amide bonds. The van der Waals surface area contributed by atoms with Crippen molar-refractivity contribution in [3.63, 3.8) is 0 Å². The molecule has 3 aromatic heterocycles. The molecule has 0 saturated carbocycles. The van der Waals surface area contributed by atoms with Crippen LogP contribution in [0.2, 0.25) is 0 Å². The molecule has 130 valence electrons. The fourth-order valence-electron chi connectivity index (χ4n) is 3.37. The van der Waals surface area contributed by atoms with Crippen molar-refractivity contribution in [1.82, 2.24) is 24.6 Å². The Morgan fingerprint density at radius 3 is 3.08 bits per heavy atom. The average Bonchev–Trinajstić information content (AvgIpc) is 3.35. The number of hydrogen-bond acceptors (Lipinski definition) is 4. The predicted octanol–water partition coefficient (Wildman–Crippen LogP) is 2.87. The van der Waals surface area contributed by atoms with Crippen LogP contribution in [-0.4, -0.2) is 37.1 Å². The lowest BCUT2D eigenvalue weighted by molar-refractivity contribution is -0.131. The molecule has 0 unspecified atom stereocenters. The summed E-state index contributed by atoms with van der Waals surface area (Å²) in [6, 6.07) is 2.02. The van der Waals surface area contributed by atoms with Crippen molar-refractivity contribution in [2.45, 2.75) is 39.3 Å². The molecule has 0 atom stereocenters. The van der Waals surface area contributed by atoms with Gasteiger partial charge in [0.2, 0.25) is 5.91 Å². The van der Waals surface area contributed by atoms with E-state index in [-0.39, 0.29) is 5.91 Å². The van der Waals surface area contributed by atoms with E-state index in [4.69, 9.17) is 5.10 Å². The first-order valence-corrected chi connectivity index (χ1v) is 9.57. The zero-order valence-corrected chi connectivity index (χ0v) is 15.1. The number of fused-ring (bicyclic) bond motifs is 1. The molecule has 0 fully saturated rings. The molecule has 25 heavy (non-hydrogen) atoms. The molecule has 3 aromatic rings. The highest BCUT2D eigenvalue weighted by molar-refractivity contribution is 7.08. The van der Waals surface area contributed by atoms with Crippen LogP contribution >= 0.6 is 11.3 Å². The average molecular weight is 355 g/mol. The quantitative estimate of drug-likeness (QED) is 0.765. The van der Waals surface area contributed by atoms with E-state index >= 15 is 0 Å². The van der Waals surface area contributed by atoms with Gasteiger partial charge in [0.15, 0.2) is 5.82 Å². The van der Waals surface area contributed by atoms with Gasteiger partial charge in [0.1, 0.15) is 5.69 Å². The maximum absolute atomic E-state index is 12.7. The molecule has 7 heteroatoms. The predicted molar refractivity (Wildman–Crippen MR) is 97.2 cm³/mol. The van der Waals surface area contributed by atoms with E-state index < -0.39 is 0 Å². The monoisotopic (exact) mass is 355 g/mol. The van der Waals surface area contributed by atoms with Crippen LogP contribution in [0.5, 0.6) is 0 Å². The van der Waals surface area contributed by atoms with Crippen LogP contribution in [-0.2, 0) is 30.7 Å². The van der Waals surface area contributed by atoms with Crippen LogP contribution in [0.1, 0.15) is 30.2 Å². The zero-order chi connectivity index (χ0) is 17.2. The van der Waals surface area contributed by atoms with Crippen LogP contribution in [0.3, 0.4) is 0 Å². The van der Waals surface area contributed by atoms with E-state index in [1.54, 1.807) is 17.5 Å². The molecule has 1 aliphatic rings. The minimum Gasteiger partial charge on any atom is -0.343 e. The van der Waals surface area contributed by atoms with E-state index in [9.17, 15) is 4.79 Å². The highest BCUT2D eigenvalue weighted by Gasteiger charge is 2.28. The number of thiophene rings is 1. The molecule has 0 aromatic carbocycles. The number of hydrogen-bond donors (Lipinski definition) is 1. The smallest absolute Gasteiger partial charge is 0.227 e. The van der Waals surface area contributed by atoms with Gasteiger partial charge in [-0.3, -0.25) is 9.48 Å².